The maximum atomic E-state index is 14.4. The van der Waals surface area contributed by atoms with Gasteiger partial charge in [-0.15, -0.1) is 6.42 Å². The molecule has 1 amide bonds. The molecule has 2 aromatic rings. The quantitative estimate of drug-likeness (QED) is 0.582. The topological polar surface area (TPSA) is 42.4 Å². The number of alkyl halides is 3. The second kappa shape index (κ2) is 6.50. The normalized spacial score (nSPS) is 13.8. The molecule has 3 rings (SSSR count). The zero-order valence-corrected chi connectivity index (χ0v) is 13.7. The first-order chi connectivity index (χ1) is 12.2. The zero-order valence-electron chi connectivity index (χ0n) is 12.9. The maximum Gasteiger partial charge on any atom is 0.417 e. The molecule has 0 fully saturated rings. The van der Waals surface area contributed by atoms with Crippen molar-refractivity contribution in [2.24, 2.45) is 0 Å². The largest absolute Gasteiger partial charge is 0.481 e. The van der Waals surface area contributed by atoms with Gasteiger partial charge in [0.25, 0.3) is 5.91 Å². The van der Waals surface area contributed by atoms with E-state index in [0.29, 0.717) is 12.3 Å². The van der Waals surface area contributed by atoms with Crippen LogP contribution in [0.2, 0.25) is 5.02 Å². The predicted octanol–water partition coefficient (Wildman–Crippen LogP) is 3.92. The van der Waals surface area contributed by atoms with E-state index in [4.69, 9.17) is 22.8 Å². The number of ether oxygens (including phenoxy) is 1. The molecule has 1 aromatic carbocycles. The van der Waals surface area contributed by atoms with Gasteiger partial charge in [0, 0.05) is 17.8 Å². The molecule has 0 saturated heterocycles. The first kappa shape index (κ1) is 18.0. The Hall–Kier alpha value is -2.79. The molecule has 0 spiro atoms. The van der Waals surface area contributed by atoms with Gasteiger partial charge in [-0.3, -0.25) is 14.7 Å². The molecule has 1 aliphatic rings. The lowest BCUT2D eigenvalue weighted by atomic mass is 10.1. The van der Waals surface area contributed by atoms with Crippen LogP contribution in [0.3, 0.4) is 0 Å². The monoisotopic (exact) mass is 384 g/mol. The van der Waals surface area contributed by atoms with Crippen LogP contribution in [0.1, 0.15) is 5.56 Å². The van der Waals surface area contributed by atoms with Crippen LogP contribution >= 0.6 is 11.6 Å². The molecule has 0 N–H and O–H groups in total. The van der Waals surface area contributed by atoms with Gasteiger partial charge in [-0.05, 0) is 12.1 Å². The van der Waals surface area contributed by atoms with E-state index in [1.165, 1.54) is 11.0 Å². The van der Waals surface area contributed by atoms with Crippen molar-refractivity contribution in [3.8, 4) is 29.4 Å². The van der Waals surface area contributed by atoms with Crippen LogP contribution in [-0.4, -0.2) is 24.0 Å². The minimum atomic E-state index is -4.63. The molecule has 1 aromatic heterocycles. The summed E-state index contributed by atoms with van der Waals surface area (Å²) < 4.78 is 57.8. The molecular weight excluding hydrogens is 376 g/mol. The van der Waals surface area contributed by atoms with E-state index in [0.717, 1.165) is 6.07 Å². The van der Waals surface area contributed by atoms with Crippen LogP contribution in [0.25, 0.3) is 11.3 Å². The molecule has 26 heavy (non-hydrogen) atoms. The third kappa shape index (κ3) is 3.18. The van der Waals surface area contributed by atoms with Crippen molar-refractivity contribution in [1.29, 1.82) is 0 Å². The second-order valence-corrected chi connectivity index (χ2v) is 5.73. The standard InChI is InChI=1S/C17H9ClF4N2O2/c1-2-3-24-13-5-10(12(19)6-14(13)26-8-15(24)25)16-11(18)4-9(7-23-16)17(20,21)22/h1,4-7H,3,8H2. The summed E-state index contributed by atoms with van der Waals surface area (Å²) in [5.74, 6) is 1.15. The summed E-state index contributed by atoms with van der Waals surface area (Å²) in [6.07, 6.45) is 1.17. The van der Waals surface area contributed by atoms with Gasteiger partial charge in [0.2, 0.25) is 0 Å². The number of nitrogens with zero attached hydrogens (tertiary/aromatic N) is 2. The average Bonchev–Trinajstić information content (AvgIpc) is 2.57. The number of anilines is 1. The summed E-state index contributed by atoms with van der Waals surface area (Å²) in [6, 6.07) is 2.89. The van der Waals surface area contributed by atoms with Crippen LogP contribution in [0.15, 0.2) is 24.4 Å². The van der Waals surface area contributed by atoms with Crippen LogP contribution in [-0.2, 0) is 11.0 Å². The van der Waals surface area contributed by atoms with Gasteiger partial charge in [-0.2, -0.15) is 13.2 Å². The maximum absolute atomic E-state index is 14.4. The molecule has 2 heterocycles. The summed E-state index contributed by atoms with van der Waals surface area (Å²) in [5, 5.41) is -0.384. The van der Waals surface area contributed by atoms with E-state index in [-0.39, 0.29) is 40.9 Å². The molecule has 0 saturated carbocycles. The summed E-state index contributed by atoms with van der Waals surface area (Å²) >= 11 is 5.88. The Labute approximate surface area is 150 Å². The SMILES string of the molecule is C#CCN1C(=O)COc2cc(F)c(-c3ncc(C(F)(F)F)cc3Cl)cc21. The van der Waals surface area contributed by atoms with E-state index in [9.17, 15) is 22.4 Å². The number of hydrogen-bond donors (Lipinski definition) is 0. The number of rotatable bonds is 2. The average molecular weight is 385 g/mol. The molecule has 4 nitrogen and oxygen atoms in total. The Morgan fingerprint density at radius 3 is 2.69 bits per heavy atom. The molecule has 0 radical (unpaired) electrons. The van der Waals surface area contributed by atoms with Crippen LogP contribution in [0, 0.1) is 18.2 Å². The Kier molecular flexibility index (Phi) is 4.50. The highest BCUT2D eigenvalue weighted by Crippen LogP contribution is 2.40. The fourth-order valence-corrected chi connectivity index (χ4v) is 2.73. The number of benzene rings is 1. The Bertz CT molecular complexity index is 938. The number of carbonyl (C=O) groups is 1. The first-order valence-corrected chi connectivity index (χ1v) is 7.53. The number of aromatic nitrogens is 1. The number of terminal acetylenes is 1. The van der Waals surface area contributed by atoms with Crippen molar-refractivity contribution < 1.29 is 27.1 Å². The molecule has 0 unspecified atom stereocenters. The Morgan fingerprint density at radius 2 is 2.08 bits per heavy atom. The lowest BCUT2D eigenvalue weighted by molar-refractivity contribution is -0.137. The van der Waals surface area contributed by atoms with Gasteiger partial charge >= 0.3 is 6.18 Å². The van der Waals surface area contributed by atoms with Crippen molar-refractivity contribution in [1.82, 2.24) is 4.98 Å². The predicted molar refractivity (Wildman–Crippen MR) is 86.3 cm³/mol. The van der Waals surface area contributed by atoms with Gasteiger partial charge in [-0.1, -0.05) is 17.5 Å². The summed E-state index contributed by atoms with van der Waals surface area (Å²) in [4.78, 5) is 16.8. The van der Waals surface area contributed by atoms with Crippen molar-refractivity contribution in [2.45, 2.75) is 6.18 Å². The highest BCUT2D eigenvalue weighted by Gasteiger charge is 2.32. The van der Waals surface area contributed by atoms with E-state index in [1.54, 1.807) is 0 Å². The minimum Gasteiger partial charge on any atom is -0.481 e. The van der Waals surface area contributed by atoms with E-state index in [1.807, 2.05) is 0 Å². The van der Waals surface area contributed by atoms with Gasteiger partial charge < -0.3 is 4.74 Å². The number of fused-ring (bicyclic) bond motifs is 1. The van der Waals surface area contributed by atoms with E-state index in [2.05, 4.69) is 10.9 Å². The molecule has 0 atom stereocenters. The number of pyridine rings is 1. The highest BCUT2D eigenvalue weighted by molar-refractivity contribution is 6.33. The molecular formula is C17H9ClF4N2O2. The van der Waals surface area contributed by atoms with Gasteiger partial charge in [-0.25, -0.2) is 4.39 Å². The minimum absolute atomic E-state index is 0.0750. The fraction of sp³-hybridized carbons (Fsp3) is 0.176. The molecule has 1 aliphatic heterocycles. The van der Waals surface area contributed by atoms with E-state index >= 15 is 0 Å². The number of halogens is 5. The van der Waals surface area contributed by atoms with Crippen LogP contribution in [0.5, 0.6) is 5.75 Å². The van der Waals surface area contributed by atoms with Gasteiger partial charge in [0.15, 0.2) is 6.61 Å². The van der Waals surface area contributed by atoms with Gasteiger partial charge in [0.1, 0.15) is 11.6 Å². The second-order valence-electron chi connectivity index (χ2n) is 5.32. The molecule has 0 aliphatic carbocycles. The zero-order chi connectivity index (χ0) is 19.1. The fourth-order valence-electron chi connectivity index (χ4n) is 2.46. The molecule has 134 valence electrons. The highest BCUT2D eigenvalue weighted by atomic mass is 35.5. The van der Waals surface area contributed by atoms with Crippen LogP contribution in [0.4, 0.5) is 23.2 Å². The lowest BCUT2D eigenvalue weighted by Crippen LogP contribution is -2.39. The van der Waals surface area contributed by atoms with Crippen LogP contribution < -0.4 is 9.64 Å². The number of amides is 1. The number of carbonyl (C=O) groups excluding carboxylic acids is 1. The lowest BCUT2D eigenvalue weighted by Gasteiger charge is -2.28. The third-order valence-corrected chi connectivity index (χ3v) is 3.95. The molecule has 0 bridgehead atoms. The first-order valence-electron chi connectivity index (χ1n) is 7.15. The Balaban J connectivity index is 2.13. The Morgan fingerprint density at radius 1 is 1.35 bits per heavy atom. The third-order valence-electron chi connectivity index (χ3n) is 3.66. The summed E-state index contributed by atoms with van der Waals surface area (Å²) in [7, 11) is 0. The summed E-state index contributed by atoms with van der Waals surface area (Å²) in [6.45, 7) is -0.374. The molecule has 9 heteroatoms. The number of hydrogen-bond acceptors (Lipinski definition) is 3. The smallest absolute Gasteiger partial charge is 0.417 e. The van der Waals surface area contributed by atoms with Crippen molar-refractivity contribution in [3.63, 3.8) is 0 Å². The van der Waals surface area contributed by atoms with Crippen molar-refractivity contribution in [3.05, 3.63) is 40.8 Å². The van der Waals surface area contributed by atoms with Crippen molar-refractivity contribution in [2.75, 3.05) is 18.1 Å². The van der Waals surface area contributed by atoms with Crippen molar-refractivity contribution >= 4 is 23.2 Å². The van der Waals surface area contributed by atoms with Gasteiger partial charge in [0.05, 0.1) is 28.5 Å². The summed E-state index contributed by atoms with van der Waals surface area (Å²) in [5.41, 5.74) is -1.24. The van der Waals surface area contributed by atoms with E-state index < -0.39 is 23.5 Å².